The Morgan fingerprint density at radius 2 is 1.86 bits per heavy atom. The molecule has 1 aromatic rings. The molecule has 1 aliphatic heterocycles. The van der Waals surface area contributed by atoms with Gasteiger partial charge in [0.2, 0.25) is 11.9 Å². The zero-order chi connectivity index (χ0) is 20.9. The Morgan fingerprint density at radius 3 is 2.59 bits per heavy atom. The fourth-order valence-electron chi connectivity index (χ4n) is 3.94. The number of hydrogen-bond donors (Lipinski definition) is 2. The van der Waals surface area contributed by atoms with Crippen LogP contribution in [0, 0.1) is 0 Å². The molecular formula is C21H32ClN5O2. The second kappa shape index (κ2) is 9.67. The van der Waals surface area contributed by atoms with Gasteiger partial charge in [-0.1, -0.05) is 30.9 Å². The van der Waals surface area contributed by atoms with E-state index in [0.717, 1.165) is 23.6 Å². The first-order valence-corrected chi connectivity index (χ1v) is 10.8. The highest BCUT2D eigenvalue weighted by atomic mass is 35.5. The van der Waals surface area contributed by atoms with Crippen LogP contribution in [0.5, 0.6) is 5.75 Å². The molecule has 0 amide bonds. The maximum atomic E-state index is 6.24. The molecule has 1 aliphatic carbocycles. The second-order valence-electron chi connectivity index (χ2n) is 8.13. The zero-order valence-corrected chi connectivity index (χ0v) is 18.1. The smallest absolute Gasteiger partial charge is 0.226 e. The monoisotopic (exact) mass is 421 g/mol. The fourth-order valence-corrected chi connectivity index (χ4v) is 4.12. The Kier molecular flexibility index (Phi) is 7.24. The van der Waals surface area contributed by atoms with E-state index in [4.69, 9.17) is 32.6 Å². The molecule has 1 saturated carbocycles. The minimum atomic E-state index is -0.676. The van der Waals surface area contributed by atoms with Gasteiger partial charge in [0.15, 0.2) is 5.66 Å². The van der Waals surface area contributed by atoms with Crippen molar-refractivity contribution in [1.82, 2.24) is 5.06 Å². The number of nitrogens with zero attached hydrogens (tertiary/aromatic N) is 3. The highest BCUT2D eigenvalue weighted by Crippen LogP contribution is 2.38. The molecule has 3 rings (SSSR count). The van der Waals surface area contributed by atoms with Crippen LogP contribution in [0.2, 0.25) is 5.02 Å². The second-order valence-corrected chi connectivity index (χ2v) is 8.57. The van der Waals surface area contributed by atoms with E-state index < -0.39 is 5.66 Å². The van der Waals surface area contributed by atoms with Gasteiger partial charge in [-0.3, -0.25) is 4.84 Å². The maximum absolute atomic E-state index is 6.24. The molecule has 1 fully saturated rings. The van der Waals surface area contributed by atoms with E-state index in [2.05, 4.69) is 16.1 Å². The summed E-state index contributed by atoms with van der Waals surface area (Å²) in [6.07, 6.45) is 8.01. The quantitative estimate of drug-likeness (QED) is 0.614. The van der Waals surface area contributed by atoms with Crippen LogP contribution in [0.15, 0.2) is 28.2 Å². The van der Waals surface area contributed by atoms with Gasteiger partial charge in [-0.15, -0.1) is 0 Å². The fraction of sp³-hybridized carbons (Fsp3) is 0.619. The van der Waals surface area contributed by atoms with E-state index in [9.17, 15) is 0 Å². The van der Waals surface area contributed by atoms with Crippen molar-refractivity contribution < 1.29 is 9.57 Å². The van der Waals surface area contributed by atoms with Crippen LogP contribution < -0.4 is 16.2 Å². The molecule has 0 bridgehead atoms. The number of aliphatic imine (C=N–C) groups is 2. The van der Waals surface area contributed by atoms with Crippen molar-refractivity contribution in [3.8, 4) is 5.75 Å². The Bertz CT molecular complexity index is 759. The van der Waals surface area contributed by atoms with E-state index in [1.54, 1.807) is 0 Å². The molecule has 160 valence electrons. The molecule has 0 aromatic heterocycles. The van der Waals surface area contributed by atoms with Gasteiger partial charge in [-0.2, -0.15) is 10.1 Å². The predicted molar refractivity (Wildman–Crippen MR) is 117 cm³/mol. The van der Waals surface area contributed by atoms with Gasteiger partial charge < -0.3 is 16.2 Å². The average molecular weight is 422 g/mol. The van der Waals surface area contributed by atoms with Gasteiger partial charge in [0.1, 0.15) is 5.75 Å². The number of benzene rings is 1. The third-order valence-electron chi connectivity index (χ3n) is 5.36. The minimum Gasteiger partial charge on any atom is -0.493 e. The third kappa shape index (κ3) is 5.76. The molecule has 0 radical (unpaired) electrons. The van der Waals surface area contributed by atoms with Crippen LogP contribution in [0.1, 0.15) is 70.3 Å². The first kappa shape index (κ1) is 21.7. The summed E-state index contributed by atoms with van der Waals surface area (Å²) in [5.41, 5.74) is 12.2. The lowest BCUT2D eigenvalue weighted by molar-refractivity contribution is -0.157. The lowest BCUT2D eigenvalue weighted by atomic mass is 9.84. The number of guanidine groups is 2. The van der Waals surface area contributed by atoms with E-state index in [1.807, 2.05) is 26.0 Å². The number of rotatable bonds is 8. The van der Waals surface area contributed by atoms with Gasteiger partial charge >= 0.3 is 0 Å². The lowest BCUT2D eigenvalue weighted by Gasteiger charge is -2.36. The van der Waals surface area contributed by atoms with Gasteiger partial charge in [-0.05, 0) is 69.2 Å². The number of unbranched alkanes of at least 4 members (excludes halogenated alkanes) is 1. The summed E-state index contributed by atoms with van der Waals surface area (Å²) in [5.74, 6) is 1.90. The molecule has 0 spiro atoms. The topological polar surface area (TPSA) is 98.5 Å². The number of ether oxygens (including phenoxy) is 1. The highest BCUT2D eigenvalue weighted by molar-refractivity contribution is 6.30. The van der Waals surface area contributed by atoms with Gasteiger partial charge in [0.05, 0.1) is 13.2 Å². The number of hydroxylamine groups is 2. The maximum Gasteiger partial charge on any atom is 0.226 e. The van der Waals surface area contributed by atoms with Crippen LogP contribution in [-0.4, -0.2) is 35.9 Å². The molecule has 1 aromatic carbocycles. The summed E-state index contributed by atoms with van der Waals surface area (Å²) >= 11 is 6.24. The molecule has 8 heteroatoms. The number of hydrogen-bond acceptors (Lipinski definition) is 7. The number of halogens is 1. The van der Waals surface area contributed by atoms with Crippen molar-refractivity contribution in [2.75, 3.05) is 13.2 Å². The molecule has 0 saturated heterocycles. The van der Waals surface area contributed by atoms with Crippen LogP contribution in [0.3, 0.4) is 0 Å². The normalized spacial score (nSPS) is 19.6. The van der Waals surface area contributed by atoms with Crippen LogP contribution in [0.4, 0.5) is 0 Å². The van der Waals surface area contributed by atoms with E-state index in [0.29, 0.717) is 19.1 Å². The summed E-state index contributed by atoms with van der Waals surface area (Å²) in [6, 6.07) is 5.97. The number of nitrogens with two attached hydrogens (primary N) is 2. The van der Waals surface area contributed by atoms with Gasteiger partial charge in [-0.25, -0.2) is 4.99 Å². The average Bonchev–Trinajstić information content (AvgIpc) is 2.67. The zero-order valence-electron chi connectivity index (χ0n) is 17.4. The Morgan fingerprint density at radius 1 is 1.14 bits per heavy atom. The van der Waals surface area contributed by atoms with E-state index in [-0.39, 0.29) is 11.9 Å². The highest BCUT2D eigenvalue weighted by Gasteiger charge is 2.32. The van der Waals surface area contributed by atoms with E-state index >= 15 is 0 Å². The van der Waals surface area contributed by atoms with Crippen molar-refractivity contribution >= 4 is 23.5 Å². The SMILES string of the molecule is CC1(C)N=C(N)N=C(N)N1OCCCCOc1ccc(Cl)cc1C1CCCCC1. The molecule has 7 nitrogen and oxygen atoms in total. The molecule has 29 heavy (non-hydrogen) atoms. The first-order valence-electron chi connectivity index (χ1n) is 10.4. The molecular weight excluding hydrogens is 390 g/mol. The third-order valence-corrected chi connectivity index (χ3v) is 5.59. The molecule has 1 heterocycles. The van der Waals surface area contributed by atoms with Crippen LogP contribution in [0.25, 0.3) is 0 Å². The minimum absolute atomic E-state index is 0.164. The molecule has 0 unspecified atom stereocenters. The van der Waals surface area contributed by atoms with Crippen molar-refractivity contribution in [2.24, 2.45) is 21.5 Å². The molecule has 2 aliphatic rings. The predicted octanol–water partition coefficient (Wildman–Crippen LogP) is 4.16. The largest absolute Gasteiger partial charge is 0.493 e. The summed E-state index contributed by atoms with van der Waals surface area (Å²) in [7, 11) is 0. The standard InChI is InChI=1S/C21H32ClN5O2/c1-21(2)26-19(23)25-20(24)27(21)29-13-7-6-12-28-18-11-10-16(22)14-17(18)15-8-4-3-5-9-15/h10-11,14-15H,3-9,12-13H2,1-2H3,(H4,23,24,25,26). The molecule has 0 atom stereocenters. The summed E-state index contributed by atoms with van der Waals surface area (Å²) in [6.45, 7) is 4.87. The summed E-state index contributed by atoms with van der Waals surface area (Å²) < 4.78 is 6.10. The van der Waals surface area contributed by atoms with Crippen molar-refractivity contribution in [3.05, 3.63) is 28.8 Å². The van der Waals surface area contributed by atoms with Crippen molar-refractivity contribution in [1.29, 1.82) is 0 Å². The lowest BCUT2D eigenvalue weighted by Crippen LogP contribution is -2.53. The van der Waals surface area contributed by atoms with Crippen LogP contribution >= 0.6 is 11.6 Å². The Balaban J connectivity index is 1.45. The van der Waals surface area contributed by atoms with Crippen LogP contribution in [-0.2, 0) is 4.84 Å². The van der Waals surface area contributed by atoms with Gasteiger partial charge in [0.25, 0.3) is 0 Å². The first-order chi connectivity index (χ1) is 13.9. The van der Waals surface area contributed by atoms with E-state index in [1.165, 1.54) is 42.7 Å². The van der Waals surface area contributed by atoms with Crippen molar-refractivity contribution in [2.45, 2.75) is 70.4 Å². The summed E-state index contributed by atoms with van der Waals surface area (Å²) in [5, 5.41) is 2.28. The van der Waals surface area contributed by atoms with Gasteiger partial charge in [0, 0.05) is 5.02 Å². The summed E-state index contributed by atoms with van der Waals surface area (Å²) in [4.78, 5) is 14.0. The Hall–Kier alpha value is -1.99. The molecule has 4 N–H and O–H groups in total. The van der Waals surface area contributed by atoms with Crippen molar-refractivity contribution in [3.63, 3.8) is 0 Å². The Labute approximate surface area is 178 Å².